The third-order valence-electron chi connectivity index (χ3n) is 4.66. The van der Waals surface area contributed by atoms with Crippen molar-refractivity contribution in [3.8, 4) is 23.0 Å². The Morgan fingerprint density at radius 3 is 2.32 bits per heavy atom. The number of hydrogen-bond acceptors (Lipinski definition) is 7. The predicted octanol–water partition coefficient (Wildman–Crippen LogP) is 5.38. The molecule has 0 aromatic heterocycles. The number of carbonyl (C=O) groups excluding carboxylic acids is 2. The van der Waals surface area contributed by atoms with Gasteiger partial charge in [0.2, 0.25) is 5.91 Å². The third-order valence-corrected chi connectivity index (χ3v) is 6.29. The number of phenolic OH excluding ortho intramolecular Hbond substituents is 2. The first kappa shape index (κ1) is 23.6. The Morgan fingerprint density at radius 1 is 1.03 bits per heavy atom. The van der Waals surface area contributed by atoms with Gasteiger partial charge in [0.25, 0.3) is 5.91 Å². The van der Waals surface area contributed by atoms with E-state index in [4.69, 9.17) is 28.6 Å². The molecule has 7 nitrogen and oxygen atoms in total. The van der Waals surface area contributed by atoms with Gasteiger partial charge in [0, 0.05) is 10.7 Å². The lowest BCUT2D eigenvalue weighted by Gasteiger charge is -2.14. The highest BCUT2D eigenvalue weighted by Gasteiger charge is 2.33. The molecule has 1 aliphatic heterocycles. The number of rotatable bonds is 6. The average Bonchev–Trinajstić information content (AvgIpc) is 3.06. The standard InChI is InChI=1S/C24H17ClN2O5S2/c25-15-2-6-17(7-3-15)32-18-8-4-16(5-9-18)26-22(30)13-27-23(31)21(34-24(27)33)12-14-1-10-19(28)20(29)11-14/h1-12,28-29H,13H2,(H,26,30)/b21-12-. The number of nitrogens with zero attached hydrogens (tertiary/aromatic N) is 1. The number of hydrogen-bond donors (Lipinski definition) is 3. The van der Waals surface area contributed by atoms with Crippen LogP contribution in [0.5, 0.6) is 23.0 Å². The predicted molar refractivity (Wildman–Crippen MR) is 136 cm³/mol. The maximum atomic E-state index is 12.7. The van der Waals surface area contributed by atoms with Gasteiger partial charge in [-0.15, -0.1) is 0 Å². The van der Waals surface area contributed by atoms with Gasteiger partial charge < -0.3 is 20.3 Å². The van der Waals surface area contributed by atoms with Gasteiger partial charge >= 0.3 is 0 Å². The molecular weight excluding hydrogens is 496 g/mol. The zero-order valence-corrected chi connectivity index (χ0v) is 19.8. The van der Waals surface area contributed by atoms with Crippen molar-refractivity contribution in [2.24, 2.45) is 0 Å². The first-order valence-electron chi connectivity index (χ1n) is 9.89. The van der Waals surface area contributed by atoms with E-state index < -0.39 is 11.8 Å². The minimum atomic E-state index is -0.413. The molecule has 4 rings (SSSR count). The minimum Gasteiger partial charge on any atom is -0.504 e. The van der Waals surface area contributed by atoms with E-state index >= 15 is 0 Å². The Hall–Kier alpha value is -3.53. The van der Waals surface area contributed by atoms with Crippen molar-refractivity contribution in [1.29, 1.82) is 0 Å². The summed E-state index contributed by atoms with van der Waals surface area (Å²) in [6.45, 7) is -0.244. The molecule has 0 atom stereocenters. The summed E-state index contributed by atoms with van der Waals surface area (Å²) < 4.78 is 5.97. The second kappa shape index (κ2) is 10.2. The summed E-state index contributed by atoms with van der Waals surface area (Å²) in [7, 11) is 0. The normalized spacial score (nSPS) is 14.5. The smallest absolute Gasteiger partial charge is 0.266 e. The van der Waals surface area contributed by atoms with Crippen LogP contribution in [-0.2, 0) is 9.59 Å². The molecule has 1 heterocycles. The number of carbonyl (C=O) groups is 2. The molecule has 0 saturated carbocycles. The van der Waals surface area contributed by atoms with Crippen molar-refractivity contribution in [3.63, 3.8) is 0 Å². The Bertz CT molecular complexity index is 1290. The molecule has 0 radical (unpaired) electrons. The van der Waals surface area contributed by atoms with E-state index in [1.54, 1.807) is 54.6 Å². The van der Waals surface area contributed by atoms with Gasteiger partial charge in [0.1, 0.15) is 22.4 Å². The van der Waals surface area contributed by atoms with Gasteiger partial charge in [-0.05, 0) is 72.3 Å². The maximum Gasteiger partial charge on any atom is 0.266 e. The highest BCUT2D eigenvalue weighted by molar-refractivity contribution is 8.26. The lowest BCUT2D eigenvalue weighted by molar-refractivity contribution is -0.126. The van der Waals surface area contributed by atoms with Crippen LogP contribution < -0.4 is 10.1 Å². The Labute approximate surface area is 209 Å². The molecule has 34 heavy (non-hydrogen) atoms. The van der Waals surface area contributed by atoms with E-state index in [0.29, 0.717) is 32.7 Å². The summed E-state index contributed by atoms with van der Waals surface area (Å²) in [5.74, 6) is -0.163. The number of benzene rings is 3. The van der Waals surface area contributed by atoms with Gasteiger partial charge in [-0.25, -0.2) is 0 Å². The molecule has 0 spiro atoms. The van der Waals surface area contributed by atoms with Gasteiger partial charge in [0.15, 0.2) is 11.5 Å². The van der Waals surface area contributed by atoms with Crippen LogP contribution in [0.4, 0.5) is 5.69 Å². The van der Waals surface area contributed by atoms with E-state index in [-0.39, 0.29) is 22.4 Å². The minimum absolute atomic E-state index is 0.244. The van der Waals surface area contributed by atoms with Crippen molar-refractivity contribution in [1.82, 2.24) is 4.90 Å². The van der Waals surface area contributed by atoms with Gasteiger partial charge in [-0.2, -0.15) is 0 Å². The van der Waals surface area contributed by atoms with Crippen LogP contribution in [0.3, 0.4) is 0 Å². The summed E-state index contributed by atoms with van der Waals surface area (Å²) in [6.07, 6.45) is 1.54. The number of halogens is 1. The van der Waals surface area contributed by atoms with Crippen molar-refractivity contribution < 1.29 is 24.5 Å². The first-order chi connectivity index (χ1) is 16.3. The van der Waals surface area contributed by atoms with Crippen molar-refractivity contribution in [2.75, 3.05) is 11.9 Å². The van der Waals surface area contributed by atoms with E-state index in [9.17, 15) is 19.8 Å². The van der Waals surface area contributed by atoms with Crippen LogP contribution in [0, 0.1) is 0 Å². The average molecular weight is 513 g/mol. The molecule has 0 unspecified atom stereocenters. The molecule has 1 saturated heterocycles. The summed E-state index contributed by atoms with van der Waals surface area (Å²) in [6, 6.07) is 17.9. The van der Waals surface area contributed by atoms with Gasteiger partial charge in [-0.3, -0.25) is 14.5 Å². The quantitative estimate of drug-likeness (QED) is 0.231. The highest BCUT2D eigenvalue weighted by atomic mass is 35.5. The third kappa shape index (κ3) is 5.69. The monoisotopic (exact) mass is 512 g/mol. The van der Waals surface area contributed by atoms with E-state index in [1.165, 1.54) is 23.1 Å². The lowest BCUT2D eigenvalue weighted by atomic mass is 10.2. The van der Waals surface area contributed by atoms with Crippen molar-refractivity contribution >= 4 is 63.5 Å². The molecule has 1 aliphatic rings. The van der Waals surface area contributed by atoms with E-state index in [0.717, 1.165) is 11.8 Å². The Kier molecular flexibility index (Phi) is 7.06. The lowest BCUT2D eigenvalue weighted by Crippen LogP contribution is -2.36. The zero-order chi connectivity index (χ0) is 24.2. The molecule has 0 aliphatic carbocycles. The zero-order valence-electron chi connectivity index (χ0n) is 17.4. The van der Waals surface area contributed by atoms with Crippen LogP contribution in [0.25, 0.3) is 6.08 Å². The second-order valence-electron chi connectivity index (χ2n) is 7.14. The maximum absolute atomic E-state index is 12.7. The fraction of sp³-hybridized carbons (Fsp3) is 0.0417. The number of nitrogens with one attached hydrogen (secondary N) is 1. The number of aromatic hydroxyl groups is 2. The molecule has 172 valence electrons. The molecular formula is C24H17ClN2O5S2. The van der Waals surface area contributed by atoms with Crippen molar-refractivity contribution in [2.45, 2.75) is 0 Å². The number of ether oxygens (including phenoxy) is 1. The fourth-order valence-corrected chi connectivity index (χ4v) is 4.39. The largest absolute Gasteiger partial charge is 0.504 e. The Balaban J connectivity index is 1.36. The first-order valence-corrected chi connectivity index (χ1v) is 11.5. The SMILES string of the molecule is O=C(CN1C(=O)/C(=C/c2ccc(O)c(O)c2)SC1=S)Nc1ccc(Oc2ccc(Cl)cc2)cc1. The van der Waals surface area contributed by atoms with Crippen LogP contribution in [0.2, 0.25) is 5.02 Å². The highest BCUT2D eigenvalue weighted by Crippen LogP contribution is 2.34. The van der Waals surface area contributed by atoms with Gasteiger partial charge in [-0.1, -0.05) is 41.6 Å². The summed E-state index contributed by atoms with van der Waals surface area (Å²) >= 11 is 12.2. The topological polar surface area (TPSA) is 99.1 Å². The fourth-order valence-electron chi connectivity index (χ4n) is 3.01. The summed E-state index contributed by atoms with van der Waals surface area (Å²) in [4.78, 5) is 26.8. The number of thioether (sulfide) groups is 1. The number of thiocarbonyl (C=S) groups is 1. The van der Waals surface area contributed by atoms with Crippen molar-refractivity contribution in [3.05, 3.63) is 82.2 Å². The van der Waals surface area contributed by atoms with Crippen LogP contribution in [-0.4, -0.2) is 37.8 Å². The van der Waals surface area contributed by atoms with Crippen LogP contribution in [0.1, 0.15) is 5.56 Å². The Morgan fingerprint density at radius 2 is 1.68 bits per heavy atom. The molecule has 3 N–H and O–H groups in total. The molecule has 1 fully saturated rings. The molecule has 3 aromatic carbocycles. The molecule has 0 bridgehead atoms. The van der Waals surface area contributed by atoms with Gasteiger partial charge in [0.05, 0.1) is 4.91 Å². The van der Waals surface area contributed by atoms with E-state index in [1.807, 2.05) is 0 Å². The molecule has 3 aromatic rings. The number of anilines is 1. The van der Waals surface area contributed by atoms with E-state index in [2.05, 4.69) is 5.32 Å². The summed E-state index contributed by atoms with van der Waals surface area (Å²) in [5, 5.41) is 22.4. The van der Waals surface area contributed by atoms with Crippen LogP contribution >= 0.6 is 35.6 Å². The second-order valence-corrected chi connectivity index (χ2v) is 9.26. The number of amides is 2. The van der Waals surface area contributed by atoms with Crippen LogP contribution in [0.15, 0.2) is 71.6 Å². The number of phenols is 2. The summed E-state index contributed by atoms with van der Waals surface area (Å²) in [5.41, 5.74) is 1.05. The molecule has 2 amide bonds. The molecule has 10 heteroatoms.